The number of halogens is 2. The molecule has 2 atom stereocenters. The van der Waals surface area contributed by atoms with E-state index in [4.69, 9.17) is 16.7 Å². The fourth-order valence-electron chi connectivity index (χ4n) is 1.85. The van der Waals surface area contributed by atoms with Crippen molar-refractivity contribution < 1.29 is 18.8 Å². The standard InChI is InChI=1S/C11H13ClFNO3S/c12-9-5-8(13)1-2-10(9)18(17)14-4-3-11(16,6-14)7-15/h1-2,5,15-16H,3-4,6-7H2/t11-,18?/m1/s1. The van der Waals surface area contributed by atoms with Crippen LogP contribution in [-0.4, -0.2) is 44.0 Å². The van der Waals surface area contributed by atoms with Crippen LogP contribution in [0.3, 0.4) is 0 Å². The number of rotatable bonds is 3. The van der Waals surface area contributed by atoms with Crippen LogP contribution in [0.2, 0.25) is 5.02 Å². The maximum atomic E-state index is 12.9. The second-order valence-electron chi connectivity index (χ2n) is 4.32. The number of hydrogen-bond acceptors (Lipinski definition) is 3. The normalized spacial score (nSPS) is 26.4. The number of aliphatic hydroxyl groups excluding tert-OH is 1. The van der Waals surface area contributed by atoms with Gasteiger partial charge in [-0.1, -0.05) is 11.6 Å². The minimum Gasteiger partial charge on any atom is -0.393 e. The summed E-state index contributed by atoms with van der Waals surface area (Å²) in [6, 6.07) is 3.65. The van der Waals surface area contributed by atoms with Gasteiger partial charge in [-0.3, -0.25) is 0 Å². The monoisotopic (exact) mass is 293 g/mol. The molecule has 2 N–H and O–H groups in total. The molecule has 4 nitrogen and oxygen atoms in total. The molecule has 0 radical (unpaired) electrons. The number of aliphatic hydroxyl groups is 2. The molecule has 18 heavy (non-hydrogen) atoms. The Morgan fingerprint density at radius 3 is 2.83 bits per heavy atom. The third-order valence-corrected chi connectivity index (χ3v) is 4.85. The van der Waals surface area contributed by atoms with Crippen LogP contribution in [0.5, 0.6) is 0 Å². The first-order valence-corrected chi connectivity index (χ1v) is 6.89. The molecular weight excluding hydrogens is 281 g/mol. The van der Waals surface area contributed by atoms with Crippen LogP contribution in [0.4, 0.5) is 4.39 Å². The zero-order valence-electron chi connectivity index (χ0n) is 9.47. The van der Waals surface area contributed by atoms with E-state index in [0.717, 1.165) is 6.07 Å². The Bertz CT molecular complexity index is 487. The van der Waals surface area contributed by atoms with Gasteiger partial charge in [-0.2, -0.15) is 0 Å². The van der Waals surface area contributed by atoms with Gasteiger partial charge in [0, 0.05) is 13.1 Å². The molecule has 1 aliphatic heterocycles. The van der Waals surface area contributed by atoms with Gasteiger partial charge < -0.3 is 10.2 Å². The zero-order valence-corrected chi connectivity index (χ0v) is 11.0. The van der Waals surface area contributed by atoms with Gasteiger partial charge in [-0.15, -0.1) is 0 Å². The van der Waals surface area contributed by atoms with E-state index in [-0.39, 0.29) is 18.2 Å². The van der Waals surface area contributed by atoms with Gasteiger partial charge in [0.1, 0.15) is 22.4 Å². The second kappa shape index (κ2) is 5.22. The van der Waals surface area contributed by atoms with E-state index in [2.05, 4.69) is 0 Å². The van der Waals surface area contributed by atoms with Crippen molar-refractivity contribution in [2.24, 2.45) is 0 Å². The fourth-order valence-corrected chi connectivity index (χ4v) is 3.51. The molecule has 0 aliphatic carbocycles. The van der Waals surface area contributed by atoms with E-state index in [9.17, 15) is 13.7 Å². The average molecular weight is 294 g/mol. The quantitative estimate of drug-likeness (QED) is 0.872. The van der Waals surface area contributed by atoms with Crippen LogP contribution in [-0.2, 0) is 11.0 Å². The topological polar surface area (TPSA) is 60.8 Å². The average Bonchev–Trinajstić information content (AvgIpc) is 2.72. The lowest BCUT2D eigenvalue weighted by atomic mass is 10.1. The lowest BCUT2D eigenvalue weighted by molar-refractivity contribution is -0.000502. The molecule has 1 aromatic carbocycles. The highest BCUT2D eigenvalue weighted by Gasteiger charge is 2.38. The summed E-state index contributed by atoms with van der Waals surface area (Å²) < 4.78 is 26.6. The Hall–Kier alpha value is -0.530. The van der Waals surface area contributed by atoms with Crippen molar-refractivity contribution >= 4 is 22.6 Å². The first-order valence-electron chi connectivity index (χ1n) is 5.40. The highest BCUT2D eigenvalue weighted by Crippen LogP contribution is 2.28. The molecule has 1 heterocycles. The maximum absolute atomic E-state index is 12.9. The molecule has 1 saturated heterocycles. The zero-order chi connectivity index (χ0) is 13.3. The van der Waals surface area contributed by atoms with E-state index in [0.29, 0.717) is 17.9 Å². The second-order valence-corrected chi connectivity index (χ2v) is 6.18. The predicted molar refractivity (Wildman–Crippen MR) is 66.0 cm³/mol. The van der Waals surface area contributed by atoms with Crippen molar-refractivity contribution in [2.75, 3.05) is 19.7 Å². The summed E-state index contributed by atoms with van der Waals surface area (Å²) in [4.78, 5) is 0.306. The van der Waals surface area contributed by atoms with Gasteiger partial charge in [-0.25, -0.2) is 12.9 Å². The number of benzene rings is 1. The third-order valence-electron chi connectivity index (χ3n) is 2.91. The van der Waals surface area contributed by atoms with Gasteiger partial charge in [0.05, 0.1) is 16.5 Å². The minimum absolute atomic E-state index is 0.0905. The Morgan fingerprint density at radius 2 is 2.28 bits per heavy atom. The SMILES string of the molecule is O=S(c1ccc(F)cc1Cl)N1CC[C@](O)(CO)C1. The summed E-state index contributed by atoms with van der Waals surface area (Å²) in [6.45, 7) is 0.110. The van der Waals surface area contributed by atoms with Crippen molar-refractivity contribution in [1.29, 1.82) is 0 Å². The van der Waals surface area contributed by atoms with E-state index in [1.54, 1.807) is 0 Å². The molecule has 7 heteroatoms. The molecule has 0 aromatic heterocycles. The summed E-state index contributed by atoms with van der Waals surface area (Å²) in [5.74, 6) is -0.492. The molecule has 2 rings (SSSR count). The van der Waals surface area contributed by atoms with Gasteiger partial charge in [0.15, 0.2) is 0 Å². The molecule has 1 aromatic rings. The first-order chi connectivity index (χ1) is 8.45. The number of hydrogen-bond donors (Lipinski definition) is 2. The summed E-state index contributed by atoms with van der Waals surface area (Å²) in [5.41, 5.74) is -1.22. The molecule has 0 bridgehead atoms. The van der Waals surface area contributed by atoms with Crippen molar-refractivity contribution in [2.45, 2.75) is 16.9 Å². The Morgan fingerprint density at radius 1 is 1.56 bits per heavy atom. The Labute approximate surface area is 112 Å². The molecule has 0 amide bonds. The van der Waals surface area contributed by atoms with Crippen LogP contribution in [0.1, 0.15) is 6.42 Å². The van der Waals surface area contributed by atoms with Gasteiger partial charge in [0.25, 0.3) is 0 Å². The van der Waals surface area contributed by atoms with Crippen molar-refractivity contribution in [1.82, 2.24) is 4.31 Å². The van der Waals surface area contributed by atoms with Crippen LogP contribution >= 0.6 is 11.6 Å². The van der Waals surface area contributed by atoms with Crippen molar-refractivity contribution in [3.8, 4) is 0 Å². The predicted octanol–water partition coefficient (Wildman–Crippen LogP) is 0.931. The summed E-state index contributed by atoms with van der Waals surface area (Å²) in [7, 11) is -1.56. The van der Waals surface area contributed by atoms with E-state index in [1.165, 1.54) is 16.4 Å². The van der Waals surface area contributed by atoms with Gasteiger partial charge in [-0.05, 0) is 24.6 Å². The van der Waals surface area contributed by atoms with E-state index >= 15 is 0 Å². The highest BCUT2D eigenvalue weighted by molar-refractivity contribution is 7.82. The smallest absolute Gasteiger partial charge is 0.129 e. The van der Waals surface area contributed by atoms with Gasteiger partial charge in [0.2, 0.25) is 0 Å². The Balaban J connectivity index is 2.18. The minimum atomic E-state index is -1.56. The van der Waals surface area contributed by atoms with Crippen LogP contribution in [0, 0.1) is 5.82 Å². The lowest BCUT2D eigenvalue weighted by Crippen LogP contribution is -2.37. The summed E-state index contributed by atoms with van der Waals surface area (Å²) >= 11 is 5.84. The van der Waals surface area contributed by atoms with Crippen LogP contribution in [0.25, 0.3) is 0 Å². The van der Waals surface area contributed by atoms with Gasteiger partial charge >= 0.3 is 0 Å². The molecule has 1 fully saturated rings. The molecule has 1 aliphatic rings. The molecular formula is C11H13ClFNO3S. The lowest BCUT2D eigenvalue weighted by Gasteiger charge is -2.20. The summed E-state index contributed by atoms with van der Waals surface area (Å²) in [6.07, 6.45) is 0.341. The maximum Gasteiger partial charge on any atom is 0.129 e. The molecule has 0 saturated carbocycles. The highest BCUT2D eigenvalue weighted by atomic mass is 35.5. The van der Waals surface area contributed by atoms with E-state index < -0.39 is 22.4 Å². The first kappa shape index (κ1) is 13.9. The summed E-state index contributed by atoms with van der Waals surface area (Å²) in [5, 5.41) is 19.0. The third kappa shape index (κ3) is 2.73. The molecule has 0 spiro atoms. The number of β-amino-alcohol motifs (C(OH)–C–C–N with tert-alkyl or cyclic N) is 1. The van der Waals surface area contributed by atoms with Crippen LogP contribution in [0.15, 0.2) is 23.1 Å². The Kier molecular flexibility index (Phi) is 4.03. The number of nitrogens with zero attached hydrogens (tertiary/aromatic N) is 1. The van der Waals surface area contributed by atoms with Crippen molar-refractivity contribution in [3.05, 3.63) is 29.0 Å². The van der Waals surface area contributed by atoms with E-state index in [1.807, 2.05) is 0 Å². The largest absolute Gasteiger partial charge is 0.393 e. The fraction of sp³-hybridized carbons (Fsp3) is 0.455. The van der Waals surface area contributed by atoms with Crippen LogP contribution < -0.4 is 0 Å². The molecule has 100 valence electrons. The van der Waals surface area contributed by atoms with Crippen molar-refractivity contribution in [3.63, 3.8) is 0 Å². The molecule has 1 unspecified atom stereocenters.